The first kappa shape index (κ1) is 28.9. The molecule has 1 aromatic rings. The van der Waals surface area contributed by atoms with Crippen LogP contribution in [0, 0.1) is 19.8 Å². The third-order valence-corrected chi connectivity index (χ3v) is 4.64. The summed E-state index contributed by atoms with van der Waals surface area (Å²) in [5.74, 6) is 0.142. The van der Waals surface area contributed by atoms with E-state index in [1.54, 1.807) is 0 Å². The molecule has 1 aromatic carbocycles. The summed E-state index contributed by atoms with van der Waals surface area (Å²) in [6.45, 7) is 11.5. The van der Waals surface area contributed by atoms with Crippen LogP contribution in [-0.2, 0) is 4.79 Å². The summed E-state index contributed by atoms with van der Waals surface area (Å²) >= 11 is 0. The fourth-order valence-corrected chi connectivity index (χ4v) is 3.22. The molecule has 2 amide bonds. The number of rotatable bonds is 11. The fourth-order valence-electron chi connectivity index (χ4n) is 3.22. The minimum absolute atomic E-state index is 0.0593. The summed E-state index contributed by atoms with van der Waals surface area (Å²) < 4.78 is 34.7. The monoisotopic (exact) mass is 444 g/mol. The van der Waals surface area contributed by atoms with E-state index in [4.69, 9.17) is 0 Å². The molecule has 0 spiro atoms. The number of hydrogen-bond acceptors (Lipinski definition) is 2. The maximum absolute atomic E-state index is 12.2. The summed E-state index contributed by atoms with van der Waals surface area (Å²) in [5, 5.41) is 5.45. The van der Waals surface area contributed by atoms with Crippen LogP contribution in [0.15, 0.2) is 18.2 Å². The molecule has 0 aromatic heterocycles. The van der Waals surface area contributed by atoms with Crippen molar-refractivity contribution >= 4 is 11.8 Å². The van der Waals surface area contributed by atoms with E-state index in [0.29, 0.717) is 12.5 Å². The number of carbonyl (C=O) groups is 2. The summed E-state index contributed by atoms with van der Waals surface area (Å²) in [5.41, 5.74) is 3.07. The quantitative estimate of drug-likeness (QED) is 0.433. The van der Waals surface area contributed by atoms with Gasteiger partial charge in [-0.2, -0.15) is 13.2 Å². The van der Waals surface area contributed by atoms with E-state index in [2.05, 4.69) is 30.5 Å². The second kappa shape index (κ2) is 15.7. The zero-order valence-corrected chi connectivity index (χ0v) is 19.6. The van der Waals surface area contributed by atoms with Gasteiger partial charge in [0.05, 0.1) is 6.42 Å². The van der Waals surface area contributed by atoms with E-state index in [0.717, 1.165) is 29.7 Å². The molecule has 0 aliphatic rings. The van der Waals surface area contributed by atoms with Crippen molar-refractivity contribution in [3.63, 3.8) is 0 Å². The molecule has 0 saturated carbocycles. The molecular formula is C24H39F3N2O2. The summed E-state index contributed by atoms with van der Waals surface area (Å²) in [4.78, 5) is 22.8. The standard InChI is InChI=1S/C17H27NO.C7H12F3NO/c1-5-7-15(8-6-2)12-18-17(19)16-10-13(3)9-14(4)11-16;1-2-5-11-6(12)3-4-7(8,9)10/h9-11,15H,5-8,12H2,1-4H3,(H,18,19);2-5H2,1H3,(H,11,12). The largest absolute Gasteiger partial charge is 0.389 e. The molecule has 7 heteroatoms. The van der Waals surface area contributed by atoms with Gasteiger partial charge in [-0.3, -0.25) is 9.59 Å². The highest BCUT2D eigenvalue weighted by Gasteiger charge is 2.27. The second-order valence-corrected chi connectivity index (χ2v) is 7.99. The second-order valence-electron chi connectivity index (χ2n) is 7.99. The molecule has 0 unspecified atom stereocenters. The normalized spacial score (nSPS) is 11.0. The lowest BCUT2D eigenvalue weighted by molar-refractivity contribution is -0.144. The van der Waals surface area contributed by atoms with Crippen LogP contribution in [0.25, 0.3) is 0 Å². The first-order valence-corrected chi connectivity index (χ1v) is 11.2. The Morgan fingerprint density at radius 1 is 0.903 bits per heavy atom. The predicted molar refractivity (Wildman–Crippen MR) is 120 cm³/mol. The summed E-state index contributed by atoms with van der Waals surface area (Å²) in [7, 11) is 0. The van der Waals surface area contributed by atoms with Crippen LogP contribution in [0.5, 0.6) is 0 Å². The average molecular weight is 445 g/mol. The lowest BCUT2D eigenvalue weighted by Crippen LogP contribution is -2.29. The Balaban J connectivity index is 0.000000649. The van der Waals surface area contributed by atoms with Crippen molar-refractivity contribution in [3.8, 4) is 0 Å². The Labute approximate surface area is 185 Å². The zero-order valence-electron chi connectivity index (χ0n) is 19.6. The molecule has 178 valence electrons. The Morgan fingerprint density at radius 3 is 1.90 bits per heavy atom. The van der Waals surface area contributed by atoms with Crippen molar-refractivity contribution in [2.75, 3.05) is 13.1 Å². The molecular weight excluding hydrogens is 405 g/mol. The SMILES string of the molecule is CCCC(CCC)CNC(=O)c1cc(C)cc(C)c1.CCCNC(=O)CCC(F)(F)F. The lowest BCUT2D eigenvalue weighted by atomic mass is 9.98. The minimum atomic E-state index is -4.23. The summed E-state index contributed by atoms with van der Waals surface area (Å²) in [6.07, 6.45) is -0.247. The molecule has 0 atom stereocenters. The average Bonchev–Trinajstić information content (AvgIpc) is 2.68. The molecule has 0 heterocycles. The number of alkyl halides is 3. The molecule has 0 aliphatic carbocycles. The van der Waals surface area contributed by atoms with Gasteiger partial charge in [0.1, 0.15) is 0 Å². The number of nitrogens with one attached hydrogen (secondary N) is 2. The smallest absolute Gasteiger partial charge is 0.356 e. The predicted octanol–water partition coefficient (Wildman–Crippen LogP) is 6.10. The third kappa shape index (κ3) is 15.4. The van der Waals surface area contributed by atoms with Gasteiger partial charge < -0.3 is 10.6 Å². The Morgan fingerprint density at radius 2 is 1.45 bits per heavy atom. The number of aryl methyl sites for hydroxylation is 2. The molecule has 31 heavy (non-hydrogen) atoms. The van der Waals surface area contributed by atoms with Crippen molar-refractivity contribution in [2.24, 2.45) is 5.92 Å². The van der Waals surface area contributed by atoms with Crippen LogP contribution < -0.4 is 10.6 Å². The van der Waals surface area contributed by atoms with E-state index in [9.17, 15) is 22.8 Å². The Kier molecular flexibility index (Phi) is 14.7. The Bertz CT molecular complexity index is 634. The number of amides is 2. The van der Waals surface area contributed by atoms with Crippen LogP contribution >= 0.6 is 0 Å². The van der Waals surface area contributed by atoms with Crippen molar-refractivity contribution in [3.05, 3.63) is 34.9 Å². The molecule has 0 radical (unpaired) electrons. The van der Waals surface area contributed by atoms with Crippen molar-refractivity contribution < 1.29 is 22.8 Å². The van der Waals surface area contributed by atoms with Gasteiger partial charge in [0.15, 0.2) is 0 Å². The highest BCUT2D eigenvalue weighted by molar-refractivity contribution is 5.94. The van der Waals surface area contributed by atoms with E-state index in [-0.39, 0.29) is 5.91 Å². The molecule has 0 fully saturated rings. The molecule has 1 rings (SSSR count). The number of hydrogen-bond donors (Lipinski definition) is 2. The lowest BCUT2D eigenvalue weighted by Gasteiger charge is -2.16. The van der Waals surface area contributed by atoms with E-state index in [1.165, 1.54) is 25.7 Å². The van der Waals surface area contributed by atoms with Gasteiger partial charge in [0, 0.05) is 25.1 Å². The number of benzene rings is 1. The van der Waals surface area contributed by atoms with Crippen molar-refractivity contribution in [1.82, 2.24) is 10.6 Å². The van der Waals surface area contributed by atoms with Gasteiger partial charge in [-0.05, 0) is 51.2 Å². The Hall–Kier alpha value is -2.05. The van der Waals surface area contributed by atoms with E-state index >= 15 is 0 Å². The van der Waals surface area contributed by atoms with Crippen LogP contribution in [0.4, 0.5) is 13.2 Å². The van der Waals surface area contributed by atoms with Crippen LogP contribution in [0.3, 0.4) is 0 Å². The minimum Gasteiger partial charge on any atom is -0.356 e. The highest BCUT2D eigenvalue weighted by Crippen LogP contribution is 2.20. The first-order chi connectivity index (χ1) is 14.5. The topological polar surface area (TPSA) is 58.2 Å². The van der Waals surface area contributed by atoms with Gasteiger partial charge in [-0.15, -0.1) is 0 Å². The van der Waals surface area contributed by atoms with Crippen LogP contribution in [0.2, 0.25) is 0 Å². The molecule has 0 aliphatic heterocycles. The van der Waals surface area contributed by atoms with Gasteiger partial charge >= 0.3 is 6.18 Å². The van der Waals surface area contributed by atoms with Crippen molar-refractivity contribution in [2.45, 2.75) is 85.7 Å². The number of carbonyl (C=O) groups excluding carboxylic acids is 2. The number of halogens is 3. The maximum atomic E-state index is 12.2. The maximum Gasteiger partial charge on any atom is 0.389 e. The third-order valence-electron chi connectivity index (χ3n) is 4.64. The molecule has 4 nitrogen and oxygen atoms in total. The van der Waals surface area contributed by atoms with Crippen LogP contribution in [-0.4, -0.2) is 31.1 Å². The first-order valence-electron chi connectivity index (χ1n) is 11.2. The zero-order chi connectivity index (χ0) is 23.9. The van der Waals surface area contributed by atoms with Crippen molar-refractivity contribution in [1.29, 1.82) is 0 Å². The molecule has 0 bridgehead atoms. The highest BCUT2D eigenvalue weighted by atomic mass is 19.4. The molecule has 2 N–H and O–H groups in total. The van der Waals surface area contributed by atoms with Gasteiger partial charge in [0.2, 0.25) is 5.91 Å². The summed E-state index contributed by atoms with van der Waals surface area (Å²) in [6, 6.07) is 6.00. The van der Waals surface area contributed by atoms with E-state index in [1.807, 2.05) is 32.9 Å². The molecule has 0 saturated heterocycles. The van der Waals surface area contributed by atoms with Crippen LogP contribution in [0.1, 0.15) is 87.2 Å². The van der Waals surface area contributed by atoms with E-state index < -0.39 is 24.9 Å². The van der Waals surface area contributed by atoms with Gasteiger partial charge in [-0.25, -0.2) is 0 Å². The van der Waals surface area contributed by atoms with Gasteiger partial charge in [-0.1, -0.05) is 50.8 Å². The van der Waals surface area contributed by atoms with Gasteiger partial charge in [0.25, 0.3) is 5.91 Å². The fraction of sp³-hybridized carbons (Fsp3) is 0.667.